The molecule has 2 aromatic heterocycles. The van der Waals surface area contributed by atoms with Crippen molar-refractivity contribution >= 4 is 11.5 Å². The maximum absolute atomic E-state index is 11.9. The molecule has 8 nitrogen and oxygen atoms in total. The average molecular weight is 409 g/mol. The van der Waals surface area contributed by atoms with Crippen LogP contribution in [0, 0.1) is 0 Å². The van der Waals surface area contributed by atoms with Crippen molar-refractivity contribution in [2.24, 2.45) is 7.05 Å². The van der Waals surface area contributed by atoms with E-state index >= 15 is 0 Å². The Labute approximate surface area is 175 Å². The first-order chi connectivity index (χ1) is 14.5. The molecule has 0 unspecified atom stereocenters. The maximum Gasteiger partial charge on any atom is 0.250 e. The Morgan fingerprint density at radius 1 is 1.03 bits per heavy atom. The summed E-state index contributed by atoms with van der Waals surface area (Å²) in [6.07, 6.45) is 4.32. The molecule has 0 radical (unpaired) electrons. The van der Waals surface area contributed by atoms with Crippen molar-refractivity contribution in [2.75, 3.05) is 24.9 Å². The van der Waals surface area contributed by atoms with E-state index in [1.165, 1.54) is 0 Å². The molecule has 1 aromatic carbocycles. The molecule has 0 aliphatic rings. The van der Waals surface area contributed by atoms with Crippen molar-refractivity contribution in [2.45, 2.75) is 26.4 Å². The summed E-state index contributed by atoms with van der Waals surface area (Å²) in [5.41, 5.74) is 2.63. The van der Waals surface area contributed by atoms with Gasteiger partial charge >= 0.3 is 0 Å². The van der Waals surface area contributed by atoms with Gasteiger partial charge in [-0.1, -0.05) is 6.92 Å². The minimum absolute atomic E-state index is 0.0416. The van der Waals surface area contributed by atoms with Gasteiger partial charge in [0, 0.05) is 74.5 Å². The molecule has 0 atom stereocenters. The summed E-state index contributed by atoms with van der Waals surface area (Å²) in [5, 5.41) is 6.71. The molecule has 0 spiro atoms. The second-order valence-corrected chi connectivity index (χ2v) is 6.81. The highest BCUT2D eigenvalue weighted by Gasteiger charge is 2.09. The fraction of sp³-hybridized carbons (Fsp3) is 0.318. The zero-order chi connectivity index (χ0) is 21.5. The number of hydrogen-bond acceptors (Lipinski definition) is 7. The van der Waals surface area contributed by atoms with Gasteiger partial charge in [-0.25, -0.2) is 9.97 Å². The maximum atomic E-state index is 11.9. The fourth-order valence-corrected chi connectivity index (χ4v) is 2.89. The van der Waals surface area contributed by atoms with Gasteiger partial charge in [-0.05, 0) is 11.6 Å². The lowest BCUT2D eigenvalue weighted by molar-refractivity contribution is 0.394. The van der Waals surface area contributed by atoms with Gasteiger partial charge < -0.3 is 24.7 Å². The molecule has 0 aliphatic carbocycles. The molecule has 0 saturated heterocycles. The van der Waals surface area contributed by atoms with Crippen LogP contribution in [0.5, 0.6) is 11.5 Å². The lowest BCUT2D eigenvalue weighted by Gasteiger charge is -2.14. The van der Waals surface area contributed by atoms with Crippen LogP contribution in [0.3, 0.4) is 0 Å². The predicted octanol–water partition coefficient (Wildman–Crippen LogP) is 2.98. The van der Waals surface area contributed by atoms with E-state index in [4.69, 9.17) is 9.47 Å². The van der Waals surface area contributed by atoms with E-state index < -0.39 is 0 Å². The van der Waals surface area contributed by atoms with E-state index in [0.717, 1.165) is 34.9 Å². The summed E-state index contributed by atoms with van der Waals surface area (Å²) in [5.74, 6) is 2.91. The third-order valence-electron chi connectivity index (χ3n) is 4.69. The summed E-state index contributed by atoms with van der Waals surface area (Å²) in [6.45, 7) is 3.02. The lowest BCUT2D eigenvalue weighted by Crippen LogP contribution is -2.17. The fourth-order valence-electron chi connectivity index (χ4n) is 2.89. The second kappa shape index (κ2) is 9.78. The quantitative estimate of drug-likeness (QED) is 0.561. The van der Waals surface area contributed by atoms with Crippen LogP contribution in [0.2, 0.25) is 0 Å². The Hall–Kier alpha value is -3.55. The van der Waals surface area contributed by atoms with Crippen molar-refractivity contribution in [3.05, 3.63) is 70.0 Å². The Morgan fingerprint density at radius 3 is 2.40 bits per heavy atom. The number of aryl methyl sites for hydroxylation is 2. The molecule has 3 rings (SSSR count). The van der Waals surface area contributed by atoms with Crippen LogP contribution in [0.4, 0.5) is 11.5 Å². The van der Waals surface area contributed by atoms with Crippen molar-refractivity contribution in [3.63, 3.8) is 0 Å². The molecule has 0 fully saturated rings. The normalized spacial score (nSPS) is 10.5. The minimum Gasteiger partial charge on any atom is -0.497 e. The second-order valence-electron chi connectivity index (χ2n) is 6.81. The summed E-state index contributed by atoms with van der Waals surface area (Å²) in [6, 6.07) is 9.15. The molecule has 0 bridgehead atoms. The number of nitrogens with one attached hydrogen (secondary N) is 2. The molecule has 2 heterocycles. The van der Waals surface area contributed by atoms with E-state index in [9.17, 15) is 4.79 Å². The van der Waals surface area contributed by atoms with Crippen LogP contribution < -0.4 is 25.7 Å². The van der Waals surface area contributed by atoms with E-state index in [1.807, 2.05) is 37.4 Å². The molecule has 0 saturated carbocycles. The lowest BCUT2D eigenvalue weighted by atomic mass is 10.2. The number of aromatic nitrogens is 3. The minimum atomic E-state index is -0.0416. The predicted molar refractivity (Wildman–Crippen MR) is 117 cm³/mol. The summed E-state index contributed by atoms with van der Waals surface area (Å²) >= 11 is 0. The number of benzene rings is 1. The molecular formula is C22H27N5O3. The van der Waals surface area contributed by atoms with E-state index in [1.54, 1.807) is 38.1 Å². The van der Waals surface area contributed by atoms with Gasteiger partial charge in [0.1, 0.15) is 23.1 Å². The first-order valence-electron chi connectivity index (χ1n) is 9.73. The number of nitrogens with zero attached hydrogens (tertiary/aromatic N) is 3. The van der Waals surface area contributed by atoms with Crippen molar-refractivity contribution in [3.8, 4) is 11.5 Å². The van der Waals surface area contributed by atoms with Crippen LogP contribution in [0.15, 0.2) is 47.5 Å². The van der Waals surface area contributed by atoms with Gasteiger partial charge in [0.25, 0.3) is 5.56 Å². The van der Waals surface area contributed by atoms with Gasteiger partial charge in [0.15, 0.2) is 0 Å². The van der Waals surface area contributed by atoms with Crippen molar-refractivity contribution in [1.29, 1.82) is 0 Å². The molecule has 0 aliphatic heterocycles. The van der Waals surface area contributed by atoms with Crippen molar-refractivity contribution < 1.29 is 9.47 Å². The summed E-state index contributed by atoms with van der Waals surface area (Å²) in [4.78, 5) is 20.9. The van der Waals surface area contributed by atoms with Crippen LogP contribution in [0.1, 0.15) is 23.9 Å². The molecule has 3 aromatic rings. The smallest absolute Gasteiger partial charge is 0.250 e. The number of hydrogen-bond donors (Lipinski definition) is 2. The zero-order valence-corrected chi connectivity index (χ0v) is 17.7. The Bertz CT molecular complexity index is 1040. The standard InChI is InChI=1S/C22H27N5O3/c1-5-20-24-14-16(13-23-17-9-18(29-3)11-19(10-17)30-4)22(26-20)25-12-15-6-7-27(2)21(28)8-15/h6-11,14,23H,5,12-13H2,1-4H3,(H,24,25,26). The van der Waals surface area contributed by atoms with Crippen LogP contribution >= 0.6 is 0 Å². The molecule has 30 heavy (non-hydrogen) atoms. The highest BCUT2D eigenvalue weighted by molar-refractivity contribution is 5.55. The number of methoxy groups -OCH3 is 2. The average Bonchev–Trinajstić information content (AvgIpc) is 2.78. The molecule has 158 valence electrons. The first kappa shape index (κ1) is 21.2. The summed E-state index contributed by atoms with van der Waals surface area (Å²) in [7, 11) is 4.97. The van der Waals surface area contributed by atoms with Crippen LogP contribution in [-0.2, 0) is 26.6 Å². The van der Waals surface area contributed by atoms with Gasteiger partial charge in [-0.3, -0.25) is 4.79 Å². The summed E-state index contributed by atoms with van der Waals surface area (Å²) < 4.78 is 12.2. The van der Waals surface area contributed by atoms with Gasteiger partial charge in [-0.2, -0.15) is 0 Å². The van der Waals surface area contributed by atoms with E-state index in [-0.39, 0.29) is 5.56 Å². The first-order valence-corrected chi connectivity index (χ1v) is 9.73. The Kier molecular flexibility index (Phi) is 6.90. The van der Waals surface area contributed by atoms with Crippen molar-refractivity contribution in [1.82, 2.24) is 14.5 Å². The number of anilines is 2. The van der Waals surface area contributed by atoms with Gasteiger partial charge in [-0.15, -0.1) is 0 Å². The van der Waals surface area contributed by atoms with Crippen LogP contribution in [0.25, 0.3) is 0 Å². The van der Waals surface area contributed by atoms with Crippen LogP contribution in [-0.4, -0.2) is 28.8 Å². The number of rotatable bonds is 9. The molecular weight excluding hydrogens is 382 g/mol. The molecule has 8 heteroatoms. The number of pyridine rings is 1. The van der Waals surface area contributed by atoms with Gasteiger partial charge in [0.2, 0.25) is 0 Å². The molecule has 0 amide bonds. The third-order valence-corrected chi connectivity index (χ3v) is 4.69. The van der Waals surface area contributed by atoms with E-state index in [0.29, 0.717) is 24.6 Å². The highest BCUT2D eigenvalue weighted by atomic mass is 16.5. The Morgan fingerprint density at radius 2 is 1.77 bits per heavy atom. The Balaban J connectivity index is 1.77. The molecule has 2 N–H and O–H groups in total. The number of ether oxygens (including phenoxy) is 2. The third kappa shape index (κ3) is 5.28. The van der Waals surface area contributed by atoms with Gasteiger partial charge in [0.05, 0.1) is 14.2 Å². The SMILES string of the molecule is CCc1ncc(CNc2cc(OC)cc(OC)c2)c(NCc2ccn(C)c(=O)c2)n1. The zero-order valence-electron chi connectivity index (χ0n) is 17.7. The largest absolute Gasteiger partial charge is 0.497 e. The highest BCUT2D eigenvalue weighted by Crippen LogP contribution is 2.26. The topological polar surface area (TPSA) is 90.3 Å². The monoisotopic (exact) mass is 409 g/mol. The van der Waals surface area contributed by atoms with E-state index in [2.05, 4.69) is 20.6 Å².